The van der Waals surface area contributed by atoms with Crippen molar-refractivity contribution in [2.45, 2.75) is 36.3 Å². The molecule has 90 valence electrons. The second-order valence-corrected chi connectivity index (χ2v) is 6.81. The van der Waals surface area contributed by atoms with Crippen LogP contribution >= 0.6 is 23.5 Å². The molecule has 0 aliphatic carbocycles. The maximum absolute atomic E-state index is 10.9. The number of hydrogen-bond acceptors (Lipinski definition) is 4. The van der Waals surface area contributed by atoms with Crippen molar-refractivity contribution in [3.05, 3.63) is 10.8 Å². The lowest BCUT2D eigenvalue weighted by molar-refractivity contribution is -0.140. The van der Waals surface area contributed by atoms with E-state index in [0.29, 0.717) is 10.5 Å². The van der Waals surface area contributed by atoms with Crippen molar-refractivity contribution in [2.75, 3.05) is 6.54 Å². The minimum absolute atomic E-state index is 0.319. The first-order chi connectivity index (χ1) is 7.75. The Hall–Kier alpha value is -0.130. The first-order valence-electron chi connectivity index (χ1n) is 5.68. The molecule has 2 atom stereocenters. The van der Waals surface area contributed by atoms with Crippen molar-refractivity contribution < 1.29 is 9.90 Å². The first kappa shape index (κ1) is 12.3. The Morgan fingerprint density at radius 2 is 2.12 bits per heavy atom. The van der Waals surface area contributed by atoms with E-state index in [9.17, 15) is 4.79 Å². The lowest BCUT2D eigenvalue weighted by Crippen LogP contribution is -2.43. The Bertz CT molecular complexity index is 275. The molecule has 2 aliphatic heterocycles. The summed E-state index contributed by atoms with van der Waals surface area (Å²) in [6.45, 7) is 0.852. The van der Waals surface area contributed by atoms with Crippen LogP contribution in [0.2, 0.25) is 0 Å². The van der Waals surface area contributed by atoms with Crippen LogP contribution in [-0.2, 0) is 4.79 Å². The molecule has 16 heavy (non-hydrogen) atoms. The Kier molecular flexibility index (Phi) is 4.61. The van der Waals surface area contributed by atoms with Crippen LogP contribution in [0.5, 0.6) is 0 Å². The van der Waals surface area contributed by atoms with Gasteiger partial charge in [0.25, 0.3) is 0 Å². The highest BCUT2D eigenvalue weighted by Crippen LogP contribution is 2.37. The summed E-state index contributed by atoms with van der Waals surface area (Å²) in [5, 5.41) is 16.3. The molecule has 2 heterocycles. The van der Waals surface area contributed by atoms with E-state index in [2.05, 4.69) is 16.1 Å². The number of rotatable bonds is 4. The third-order valence-electron chi connectivity index (χ3n) is 3.14. The molecule has 0 spiro atoms. The van der Waals surface area contributed by atoms with Crippen LogP contribution in [-0.4, -0.2) is 28.2 Å². The second-order valence-electron chi connectivity index (χ2n) is 4.29. The fraction of sp³-hybridized carbons (Fsp3) is 0.727. The molecule has 1 fully saturated rings. The fourth-order valence-electron chi connectivity index (χ4n) is 2.23. The van der Waals surface area contributed by atoms with E-state index < -0.39 is 5.97 Å². The second kappa shape index (κ2) is 5.98. The first-order valence-corrected chi connectivity index (χ1v) is 7.56. The minimum Gasteiger partial charge on any atom is -0.480 e. The van der Waals surface area contributed by atoms with Crippen LogP contribution in [0.4, 0.5) is 0 Å². The predicted octanol–water partition coefficient (Wildman–Crippen LogP) is 2.50. The van der Waals surface area contributed by atoms with E-state index in [0.717, 1.165) is 25.8 Å². The van der Waals surface area contributed by atoms with Crippen LogP contribution in [0.1, 0.15) is 25.7 Å². The van der Waals surface area contributed by atoms with Crippen molar-refractivity contribution in [2.24, 2.45) is 5.92 Å². The third-order valence-corrected chi connectivity index (χ3v) is 5.64. The molecule has 5 heteroatoms. The number of carbonyl (C=O) groups is 1. The van der Waals surface area contributed by atoms with E-state index in [4.69, 9.17) is 5.11 Å². The molecule has 0 aromatic rings. The standard InChI is InChI=1S/C11H17NO2S2/c13-11(14)9-7-8(3-4-12-9)1-2-10-15-5-6-16-10/h5-6,8-10,12H,1-4,7H2,(H,13,14). The van der Waals surface area contributed by atoms with Gasteiger partial charge in [0.2, 0.25) is 0 Å². The number of carboxylic acids is 1. The number of carboxylic acid groups (broad SMARTS) is 1. The average Bonchev–Trinajstić information content (AvgIpc) is 2.79. The summed E-state index contributed by atoms with van der Waals surface area (Å²) in [5.74, 6) is -0.111. The maximum Gasteiger partial charge on any atom is 0.320 e. The van der Waals surface area contributed by atoms with Gasteiger partial charge in [0.1, 0.15) is 6.04 Å². The van der Waals surface area contributed by atoms with E-state index in [1.54, 1.807) is 0 Å². The highest BCUT2D eigenvalue weighted by atomic mass is 32.2. The van der Waals surface area contributed by atoms with Gasteiger partial charge in [0.05, 0.1) is 4.58 Å². The summed E-state index contributed by atoms with van der Waals surface area (Å²) in [4.78, 5) is 10.9. The van der Waals surface area contributed by atoms with Crippen LogP contribution in [0, 0.1) is 5.92 Å². The van der Waals surface area contributed by atoms with Gasteiger partial charge in [-0.15, -0.1) is 23.5 Å². The van der Waals surface area contributed by atoms with Gasteiger partial charge in [-0.05, 0) is 49.0 Å². The van der Waals surface area contributed by atoms with Crippen molar-refractivity contribution in [1.82, 2.24) is 5.32 Å². The van der Waals surface area contributed by atoms with Gasteiger partial charge in [-0.1, -0.05) is 0 Å². The number of piperidine rings is 1. The van der Waals surface area contributed by atoms with Crippen molar-refractivity contribution in [3.8, 4) is 0 Å². The zero-order chi connectivity index (χ0) is 11.4. The van der Waals surface area contributed by atoms with Gasteiger partial charge in [-0.25, -0.2) is 0 Å². The molecule has 2 rings (SSSR count). The molecule has 2 N–H and O–H groups in total. The monoisotopic (exact) mass is 259 g/mol. The molecule has 1 saturated heterocycles. The summed E-state index contributed by atoms with van der Waals surface area (Å²) in [6.07, 6.45) is 4.28. The van der Waals surface area contributed by atoms with Gasteiger partial charge in [-0.2, -0.15) is 0 Å². The Balaban J connectivity index is 1.70. The van der Waals surface area contributed by atoms with E-state index in [1.165, 1.54) is 6.42 Å². The highest BCUT2D eigenvalue weighted by Gasteiger charge is 2.26. The smallest absolute Gasteiger partial charge is 0.320 e. The molecule has 0 bridgehead atoms. The lowest BCUT2D eigenvalue weighted by atomic mass is 9.89. The summed E-state index contributed by atoms with van der Waals surface area (Å²) in [6, 6.07) is -0.319. The zero-order valence-electron chi connectivity index (χ0n) is 9.09. The van der Waals surface area contributed by atoms with Crippen LogP contribution in [0.25, 0.3) is 0 Å². The van der Waals surface area contributed by atoms with Gasteiger partial charge in [0, 0.05) is 0 Å². The normalized spacial score (nSPS) is 30.8. The Labute approximate surface area is 104 Å². The molecule has 0 aromatic carbocycles. The Morgan fingerprint density at radius 1 is 1.38 bits per heavy atom. The van der Waals surface area contributed by atoms with Crippen molar-refractivity contribution in [3.63, 3.8) is 0 Å². The summed E-state index contributed by atoms with van der Waals surface area (Å²) >= 11 is 3.78. The zero-order valence-corrected chi connectivity index (χ0v) is 10.7. The quantitative estimate of drug-likeness (QED) is 0.812. The number of aliphatic carboxylic acids is 1. The van der Waals surface area contributed by atoms with Crippen LogP contribution in [0.3, 0.4) is 0 Å². The summed E-state index contributed by atoms with van der Waals surface area (Å²) in [5.41, 5.74) is 0. The minimum atomic E-state index is -0.698. The topological polar surface area (TPSA) is 49.3 Å². The predicted molar refractivity (Wildman–Crippen MR) is 69.5 cm³/mol. The summed E-state index contributed by atoms with van der Waals surface area (Å²) in [7, 11) is 0. The maximum atomic E-state index is 10.9. The van der Waals surface area contributed by atoms with Crippen LogP contribution < -0.4 is 5.32 Å². The number of hydrogen-bond donors (Lipinski definition) is 2. The summed E-state index contributed by atoms with van der Waals surface area (Å²) < 4.78 is 0.665. The van der Waals surface area contributed by atoms with Gasteiger partial charge in [0.15, 0.2) is 0 Å². The van der Waals surface area contributed by atoms with Gasteiger partial charge in [-0.3, -0.25) is 4.79 Å². The fourth-order valence-corrected chi connectivity index (χ4v) is 4.28. The van der Waals surface area contributed by atoms with Gasteiger partial charge >= 0.3 is 5.97 Å². The van der Waals surface area contributed by atoms with E-state index in [1.807, 2.05) is 23.5 Å². The molecule has 0 radical (unpaired) electrons. The average molecular weight is 259 g/mol. The van der Waals surface area contributed by atoms with Crippen molar-refractivity contribution >= 4 is 29.5 Å². The third kappa shape index (κ3) is 3.43. The van der Waals surface area contributed by atoms with Gasteiger partial charge < -0.3 is 10.4 Å². The number of nitrogens with one attached hydrogen (secondary N) is 1. The lowest BCUT2D eigenvalue weighted by Gasteiger charge is -2.28. The molecule has 0 aromatic heterocycles. The molecule has 0 saturated carbocycles. The molecule has 2 aliphatic rings. The molecule has 3 nitrogen and oxygen atoms in total. The molecular weight excluding hydrogens is 242 g/mol. The Morgan fingerprint density at radius 3 is 2.81 bits per heavy atom. The molecular formula is C11H17NO2S2. The highest BCUT2D eigenvalue weighted by molar-refractivity contribution is 8.22. The number of thioether (sulfide) groups is 2. The van der Waals surface area contributed by atoms with E-state index in [-0.39, 0.29) is 6.04 Å². The molecule has 2 unspecified atom stereocenters. The largest absolute Gasteiger partial charge is 0.480 e. The van der Waals surface area contributed by atoms with E-state index >= 15 is 0 Å². The van der Waals surface area contributed by atoms with Crippen LogP contribution in [0.15, 0.2) is 10.8 Å². The SMILES string of the molecule is O=C(O)C1CC(CCC2SC=CS2)CCN1. The van der Waals surface area contributed by atoms with Crippen molar-refractivity contribution in [1.29, 1.82) is 0 Å². The molecule has 0 amide bonds.